The summed E-state index contributed by atoms with van der Waals surface area (Å²) >= 11 is 2.23. The number of carbonyl (C=O) groups excluding carboxylic acids is 2. The third-order valence-electron chi connectivity index (χ3n) is 2.71. The Kier molecular flexibility index (Phi) is 8.70. The molecule has 0 aliphatic heterocycles. The van der Waals surface area contributed by atoms with Crippen molar-refractivity contribution in [1.82, 2.24) is 4.90 Å². The maximum absolute atomic E-state index is 12.0. The number of amides is 1. The average Bonchev–Trinajstić information content (AvgIpc) is 2.33. The van der Waals surface area contributed by atoms with Crippen molar-refractivity contribution in [3.63, 3.8) is 0 Å². The van der Waals surface area contributed by atoms with Gasteiger partial charge in [0.15, 0.2) is 0 Å². The van der Waals surface area contributed by atoms with E-state index in [4.69, 9.17) is 0 Å². The average molecular weight is 405 g/mol. The Morgan fingerprint density at radius 3 is 2.44 bits per heavy atom. The molecule has 1 amide bonds. The van der Waals surface area contributed by atoms with E-state index >= 15 is 0 Å². The fourth-order valence-corrected chi connectivity index (χ4v) is 6.75. The van der Waals surface area contributed by atoms with Gasteiger partial charge in [0.1, 0.15) is 6.04 Å². The van der Waals surface area contributed by atoms with Gasteiger partial charge in [0.25, 0.3) is 0 Å². The van der Waals surface area contributed by atoms with Gasteiger partial charge >= 0.3 is 5.97 Å². The number of hydrogen-bond donors (Lipinski definition) is 0. The lowest BCUT2D eigenvalue weighted by Gasteiger charge is -2.26. The van der Waals surface area contributed by atoms with Crippen LogP contribution in [-0.2, 0) is 14.3 Å². The van der Waals surface area contributed by atoms with E-state index in [1.54, 1.807) is 32.7 Å². The highest BCUT2D eigenvalue weighted by atomic mass is 127. The number of esters is 1. The molecule has 0 aliphatic carbocycles. The largest absolute Gasteiger partial charge is 0.467 e. The highest BCUT2D eigenvalue weighted by Gasteiger charge is 2.25. The summed E-state index contributed by atoms with van der Waals surface area (Å²) in [5.41, 5.74) is 0. The van der Waals surface area contributed by atoms with E-state index in [1.807, 2.05) is 0 Å². The van der Waals surface area contributed by atoms with Crippen molar-refractivity contribution in [3.8, 4) is 0 Å². The van der Waals surface area contributed by atoms with Gasteiger partial charge in [-0.1, -0.05) is 10.8 Å². The third kappa shape index (κ3) is 6.51. The van der Waals surface area contributed by atoms with Crippen LogP contribution in [0.3, 0.4) is 0 Å². The van der Waals surface area contributed by atoms with Gasteiger partial charge in [-0.3, -0.25) is 4.79 Å². The first kappa shape index (κ1) is 18.4. The molecule has 0 radical (unpaired) electrons. The summed E-state index contributed by atoms with van der Waals surface area (Å²) in [6.07, 6.45) is 1.22. The van der Waals surface area contributed by atoms with Gasteiger partial charge in [-0.2, -0.15) is 0 Å². The molecule has 106 valence electrons. The molecule has 1 atom stereocenters. The Bertz CT molecular complexity index is 300. The molecule has 4 nitrogen and oxygen atoms in total. The minimum atomic E-state index is -0.530. The summed E-state index contributed by atoms with van der Waals surface area (Å²) < 4.78 is 4.68. The predicted molar refractivity (Wildman–Crippen MR) is 86.8 cm³/mol. The zero-order chi connectivity index (χ0) is 14.3. The van der Waals surface area contributed by atoms with Gasteiger partial charge in [0.2, 0.25) is 5.91 Å². The van der Waals surface area contributed by atoms with Gasteiger partial charge in [-0.05, 0) is 35.2 Å². The SMILES string of the molecule is COC(=O)[C@H](C)N(C)C(=O)CCC(C)(C)SSI. The Hall–Kier alpha value is 0.370. The molecule has 0 rings (SSSR count). The molecule has 0 unspecified atom stereocenters. The quantitative estimate of drug-likeness (QED) is 0.370. The molecule has 0 N–H and O–H groups in total. The summed E-state index contributed by atoms with van der Waals surface area (Å²) in [6.45, 7) is 5.89. The normalized spacial score (nSPS) is 13.0. The second-order valence-electron chi connectivity index (χ2n) is 4.61. The number of carbonyl (C=O) groups is 2. The lowest BCUT2D eigenvalue weighted by Crippen LogP contribution is -2.41. The van der Waals surface area contributed by atoms with Crippen molar-refractivity contribution in [2.75, 3.05) is 14.2 Å². The topological polar surface area (TPSA) is 46.6 Å². The smallest absolute Gasteiger partial charge is 0.328 e. The summed E-state index contributed by atoms with van der Waals surface area (Å²) in [7, 11) is 6.38. The van der Waals surface area contributed by atoms with E-state index in [0.29, 0.717) is 6.42 Å². The number of methoxy groups -OCH3 is 1. The van der Waals surface area contributed by atoms with Crippen LogP contribution in [0, 0.1) is 0 Å². The van der Waals surface area contributed by atoms with E-state index < -0.39 is 6.04 Å². The van der Waals surface area contributed by atoms with Crippen LogP contribution in [0.5, 0.6) is 0 Å². The summed E-state index contributed by atoms with van der Waals surface area (Å²) in [5.74, 6) is -0.415. The predicted octanol–water partition coefficient (Wildman–Crippen LogP) is 3.30. The summed E-state index contributed by atoms with van der Waals surface area (Å²) in [4.78, 5) is 24.7. The van der Waals surface area contributed by atoms with Crippen LogP contribution in [-0.4, -0.2) is 41.7 Å². The van der Waals surface area contributed by atoms with Crippen LogP contribution in [0.25, 0.3) is 0 Å². The number of hydrogen-bond acceptors (Lipinski definition) is 5. The number of likely N-dealkylation sites (N-methyl/N-ethyl adjacent to an activating group) is 1. The lowest BCUT2D eigenvalue weighted by atomic mass is 10.1. The zero-order valence-corrected chi connectivity index (χ0v) is 15.1. The van der Waals surface area contributed by atoms with Crippen molar-refractivity contribution in [2.24, 2.45) is 0 Å². The second-order valence-corrected chi connectivity index (χ2v) is 10.1. The highest BCUT2D eigenvalue weighted by molar-refractivity contribution is 14.2. The van der Waals surface area contributed by atoms with Gasteiger partial charge in [-0.25, -0.2) is 4.79 Å². The van der Waals surface area contributed by atoms with Crippen molar-refractivity contribution in [2.45, 2.75) is 44.4 Å². The number of ether oxygens (including phenoxy) is 1. The van der Waals surface area contributed by atoms with Gasteiger partial charge in [-0.15, -0.1) is 0 Å². The minimum Gasteiger partial charge on any atom is -0.467 e. The van der Waals surface area contributed by atoms with Crippen LogP contribution in [0.15, 0.2) is 0 Å². The van der Waals surface area contributed by atoms with Gasteiger partial charge in [0.05, 0.1) is 7.11 Å². The minimum absolute atomic E-state index is 0.0277. The van der Waals surface area contributed by atoms with Crippen molar-refractivity contribution in [3.05, 3.63) is 0 Å². The fourth-order valence-electron chi connectivity index (χ4n) is 1.26. The number of nitrogens with zero attached hydrogens (tertiary/aromatic N) is 1. The Labute approximate surface area is 129 Å². The van der Waals surface area contributed by atoms with E-state index in [9.17, 15) is 9.59 Å². The van der Waals surface area contributed by atoms with Crippen LogP contribution in [0.2, 0.25) is 0 Å². The number of rotatable bonds is 7. The Balaban J connectivity index is 4.29. The molecular formula is C11H20INO3S2. The maximum Gasteiger partial charge on any atom is 0.328 e. The Morgan fingerprint density at radius 1 is 1.44 bits per heavy atom. The van der Waals surface area contributed by atoms with Gasteiger partial charge < -0.3 is 9.64 Å². The molecule has 0 saturated carbocycles. The fraction of sp³-hybridized carbons (Fsp3) is 0.818. The van der Waals surface area contributed by atoms with Crippen molar-refractivity contribution < 1.29 is 14.3 Å². The van der Waals surface area contributed by atoms with Crippen molar-refractivity contribution >= 4 is 51.8 Å². The molecule has 0 aromatic rings. The standard InChI is InChI=1S/C11H20INO3S2/c1-8(10(15)16-5)13(4)9(14)6-7-11(2,3)17-18-12/h8H,6-7H2,1-5H3/t8-/m0/s1. The van der Waals surface area contributed by atoms with E-state index in [2.05, 4.69) is 39.8 Å². The first-order valence-corrected chi connectivity index (χ1v) is 10.2. The monoisotopic (exact) mass is 405 g/mol. The molecule has 0 spiro atoms. The van der Waals surface area contributed by atoms with E-state index in [0.717, 1.165) is 6.42 Å². The molecule has 0 aromatic heterocycles. The molecule has 0 saturated heterocycles. The molecule has 0 bridgehead atoms. The third-order valence-corrected chi connectivity index (χ3v) is 6.59. The van der Waals surface area contributed by atoms with Crippen molar-refractivity contribution in [1.29, 1.82) is 0 Å². The van der Waals surface area contributed by atoms with Crippen LogP contribution in [0.4, 0.5) is 0 Å². The lowest BCUT2D eigenvalue weighted by molar-refractivity contribution is -0.151. The summed E-state index contributed by atoms with van der Waals surface area (Å²) in [6, 6.07) is -0.530. The zero-order valence-electron chi connectivity index (χ0n) is 11.4. The Morgan fingerprint density at radius 2 is 2.00 bits per heavy atom. The number of halogens is 1. The first-order valence-electron chi connectivity index (χ1n) is 5.55. The van der Waals surface area contributed by atoms with E-state index in [1.165, 1.54) is 12.0 Å². The van der Waals surface area contributed by atoms with Crippen LogP contribution in [0.1, 0.15) is 33.6 Å². The first-order chi connectivity index (χ1) is 8.25. The maximum atomic E-state index is 12.0. The van der Waals surface area contributed by atoms with Crippen LogP contribution < -0.4 is 0 Å². The van der Waals surface area contributed by atoms with E-state index in [-0.39, 0.29) is 16.6 Å². The molecular weight excluding hydrogens is 385 g/mol. The second kappa shape index (κ2) is 8.52. The van der Waals surface area contributed by atoms with Gasteiger partial charge in [0, 0.05) is 39.4 Å². The van der Waals surface area contributed by atoms with Crippen LogP contribution >= 0.6 is 40.0 Å². The summed E-state index contributed by atoms with van der Waals surface area (Å²) in [5, 5.41) is 0. The molecule has 7 heteroatoms. The highest BCUT2D eigenvalue weighted by Crippen LogP contribution is 2.42. The molecule has 0 aromatic carbocycles. The molecule has 0 aliphatic rings. The molecule has 0 fully saturated rings. The molecule has 18 heavy (non-hydrogen) atoms. The molecule has 0 heterocycles.